The van der Waals surface area contributed by atoms with Crippen LogP contribution in [0.25, 0.3) is 16.6 Å². The molecule has 4 heterocycles. The van der Waals surface area contributed by atoms with E-state index in [0.29, 0.717) is 69.5 Å². The number of nitrogens with zero attached hydrogens (tertiary/aromatic N) is 1. The van der Waals surface area contributed by atoms with Gasteiger partial charge < -0.3 is 54.4 Å². The van der Waals surface area contributed by atoms with Gasteiger partial charge in [0.1, 0.15) is 23.9 Å². The van der Waals surface area contributed by atoms with Crippen molar-refractivity contribution in [2.45, 2.75) is 120 Å². The topological polar surface area (TPSA) is 167 Å². The zero-order valence-corrected chi connectivity index (χ0v) is 42.0. The number of fused-ring (bicyclic) bond motifs is 7. The number of unbranched alkanes of at least 4 members (excludes halogenated alkanes) is 3. The highest BCUT2D eigenvalue weighted by Crippen LogP contribution is 2.52. The van der Waals surface area contributed by atoms with Crippen molar-refractivity contribution in [1.29, 1.82) is 0 Å². The number of aromatic nitrogens is 1. The molecule has 0 radical (unpaired) electrons. The number of benzene rings is 5. The Balaban J connectivity index is 0.942. The molecule has 73 heavy (non-hydrogen) atoms. The monoisotopic (exact) mass is 990 g/mol. The van der Waals surface area contributed by atoms with Gasteiger partial charge in [0.25, 0.3) is 0 Å². The number of dihydropyridines is 1. The molecular formula is C61H71N3O9. The highest BCUT2D eigenvalue weighted by atomic mass is 16.5. The maximum atomic E-state index is 11.7. The van der Waals surface area contributed by atoms with Crippen molar-refractivity contribution in [2.75, 3.05) is 33.7 Å². The van der Waals surface area contributed by atoms with E-state index in [1.54, 1.807) is 31.4 Å². The summed E-state index contributed by atoms with van der Waals surface area (Å²) in [7, 11) is 1.67. The van der Waals surface area contributed by atoms with E-state index in [2.05, 4.69) is 82.2 Å². The second-order valence-corrected chi connectivity index (χ2v) is 20.6. The number of hydrogen-bond donors (Lipinski definition) is 7. The molecule has 1 fully saturated rings. The number of phenolic OH excluding ortho intramolecular Hbond substituents is 3. The largest absolute Gasteiger partial charge is 0.508 e. The average Bonchev–Trinajstić information content (AvgIpc) is 3.85. The third-order valence-electron chi connectivity index (χ3n) is 15.8. The number of rotatable bonds is 14. The molecule has 1 saturated heterocycles. The summed E-state index contributed by atoms with van der Waals surface area (Å²) in [6.07, 6.45) is 18.0. The van der Waals surface area contributed by atoms with Crippen molar-refractivity contribution < 1.29 is 44.5 Å². The number of aryl methyl sites for hydroxylation is 3. The zero-order valence-electron chi connectivity index (χ0n) is 42.0. The lowest BCUT2D eigenvalue weighted by Crippen LogP contribution is -2.47. The molecule has 384 valence electrons. The highest BCUT2D eigenvalue weighted by Gasteiger charge is 2.47. The molecule has 1 unspecified atom stereocenters. The number of aliphatic hydroxyl groups is 2. The molecule has 3 aliphatic heterocycles. The first-order chi connectivity index (χ1) is 35.7. The van der Waals surface area contributed by atoms with Gasteiger partial charge >= 0.3 is 0 Å². The van der Waals surface area contributed by atoms with Gasteiger partial charge in [-0.05, 0) is 156 Å². The molecule has 1 aromatic heterocycles. The summed E-state index contributed by atoms with van der Waals surface area (Å²) in [4.78, 5) is 0. The summed E-state index contributed by atoms with van der Waals surface area (Å²) in [5.41, 5.74) is 10.1. The molecule has 12 nitrogen and oxygen atoms in total. The second-order valence-electron chi connectivity index (χ2n) is 20.6. The summed E-state index contributed by atoms with van der Waals surface area (Å²) < 4.78 is 27.3. The smallest absolute Gasteiger partial charge is 0.161 e. The number of aliphatic hydroxyl groups excluding tert-OH is 2. The van der Waals surface area contributed by atoms with Crippen LogP contribution in [-0.4, -0.2) is 82.1 Å². The number of methoxy groups -OCH3 is 1. The van der Waals surface area contributed by atoms with E-state index >= 15 is 0 Å². The minimum absolute atomic E-state index is 0.0363. The van der Waals surface area contributed by atoms with Crippen LogP contribution in [0.15, 0.2) is 121 Å². The number of nitrogens with one attached hydrogen (secondary N) is 2. The molecule has 5 atom stereocenters. The fraction of sp³-hybridized carbons (Fsp3) is 0.410. The van der Waals surface area contributed by atoms with Crippen LogP contribution in [0.2, 0.25) is 0 Å². The van der Waals surface area contributed by atoms with Gasteiger partial charge in [0, 0.05) is 54.3 Å². The van der Waals surface area contributed by atoms with Gasteiger partial charge in [-0.3, -0.25) is 5.32 Å². The van der Waals surface area contributed by atoms with Crippen LogP contribution >= 0.6 is 0 Å². The Bertz CT molecular complexity index is 2940. The van der Waals surface area contributed by atoms with E-state index in [4.69, 9.17) is 18.9 Å². The van der Waals surface area contributed by atoms with Gasteiger partial charge in [-0.2, -0.15) is 0 Å². The third kappa shape index (κ3) is 11.4. The van der Waals surface area contributed by atoms with Crippen LogP contribution in [0, 0.1) is 5.92 Å². The van der Waals surface area contributed by atoms with E-state index in [-0.39, 0.29) is 48.1 Å². The highest BCUT2D eigenvalue weighted by molar-refractivity contribution is 5.88. The summed E-state index contributed by atoms with van der Waals surface area (Å²) in [5, 5.41) is 63.3. The predicted octanol–water partition coefficient (Wildman–Crippen LogP) is 9.81. The fourth-order valence-electron chi connectivity index (χ4n) is 12.0. The summed E-state index contributed by atoms with van der Waals surface area (Å²) >= 11 is 0. The Kier molecular flexibility index (Phi) is 15.9. The number of phenols is 3. The summed E-state index contributed by atoms with van der Waals surface area (Å²) in [5.74, 6) is 1.97. The maximum absolute atomic E-state index is 11.7. The summed E-state index contributed by atoms with van der Waals surface area (Å²) in [6, 6.07) is 30.0. The van der Waals surface area contributed by atoms with E-state index in [1.807, 2.05) is 24.3 Å². The van der Waals surface area contributed by atoms with Crippen molar-refractivity contribution in [3.63, 3.8) is 0 Å². The minimum Gasteiger partial charge on any atom is -0.508 e. The molecule has 4 aliphatic rings. The lowest BCUT2D eigenvalue weighted by Gasteiger charge is -2.49. The number of aromatic hydroxyl groups is 3. The van der Waals surface area contributed by atoms with Crippen LogP contribution < -0.4 is 15.4 Å². The first-order valence-electron chi connectivity index (χ1n) is 26.4. The predicted molar refractivity (Wildman–Crippen MR) is 284 cm³/mol. The SMILES string of the molecule is COCNC1C=CC2=C(N1)n1cc3cc([C@@]45CCOC[C@H]4CCc4ccccc45)cc(c3c1)COc1cc(c(CO)cc1O)CC[C@@H](O)C[C@H](CCCCCCc1ccc(O)c(Cc3cccc(O)c3)c1)OC2. The van der Waals surface area contributed by atoms with Gasteiger partial charge in [0.2, 0.25) is 0 Å². The molecule has 0 saturated carbocycles. The standard InChI is InChI=1S/C61H71N3O9/c1-70-39-62-59-22-18-44-36-72-53(13-5-3-2-4-9-40-15-21-56(68)45(25-40)26-41-10-8-12-51(66)27-41)32-52(67)20-17-43-31-58(57(69)30-47(43)35-65)73-37-48-29-50(28-46-33-64(34-54(46)48)60(44)63-59)61-23-24-71-38-49(61)19-16-42-11-6-7-14-55(42)61/h6-8,10-12,14-15,18,21-22,25,27-31,33-34,49,52-53,59,62-63,65-69H,2-5,9,13,16-17,19-20,23-24,26,32,35-39H2,1H3/t49-,52-,53+,59?,61-/m1/s1. The van der Waals surface area contributed by atoms with Crippen molar-refractivity contribution in [2.24, 2.45) is 5.92 Å². The zero-order chi connectivity index (χ0) is 50.3. The molecule has 10 rings (SSSR count). The van der Waals surface area contributed by atoms with Crippen molar-refractivity contribution in [3.05, 3.63) is 171 Å². The molecule has 12 heteroatoms. The van der Waals surface area contributed by atoms with Crippen molar-refractivity contribution in [1.82, 2.24) is 15.2 Å². The van der Waals surface area contributed by atoms with Crippen LogP contribution in [-0.2, 0) is 58.5 Å². The Morgan fingerprint density at radius 3 is 2.58 bits per heavy atom. The Hall–Kier alpha value is -6.12. The van der Waals surface area contributed by atoms with Gasteiger partial charge in [0.05, 0.1) is 44.9 Å². The van der Waals surface area contributed by atoms with Gasteiger partial charge in [-0.1, -0.05) is 79.9 Å². The first kappa shape index (κ1) is 50.4. The second kappa shape index (κ2) is 23.0. The van der Waals surface area contributed by atoms with E-state index < -0.39 is 6.10 Å². The van der Waals surface area contributed by atoms with E-state index in [9.17, 15) is 25.5 Å². The van der Waals surface area contributed by atoms with Gasteiger partial charge in [0.15, 0.2) is 11.5 Å². The minimum atomic E-state index is -0.672. The maximum Gasteiger partial charge on any atom is 0.161 e. The van der Waals surface area contributed by atoms with Crippen molar-refractivity contribution >= 4 is 16.6 Å². The van der Waals surface area contributed by atoms with Crippen LogP contribution in [0.5, 0.6) is 23.0 Å². The van der Waals surface area contributed by atoms with Crippen LogP contribution in [0.1, 0.15) is 108 Å². The Morgan fingerprint density at radius 1 is 0.822 bits per heavy atom. The van der Waals surface area contributed by atoms with Crippen LogP contribution in [0.3, 0.4) is 0 Å². The van der Waals surface area contributed by atoms with Gasteiger partial charge in [-0.15, -0.1) is 0 Å². The molecule has 6 aromatic rings. The van der Waals surface area contributed by atoms with Crippen LogP contribution in [0.4, 0.5) is 0 Å². The molecule has 4 bridgehead atoms. The third-order valence-corrected chi connectivity index (χ3v) is 15.8. The molecule has 0 amide bonds. The Morgan fingerprint density at radius 2 is 1.70 bits per heavy atom. The van der Waals surface area contributed by atoms with Crippen molar-refractivity contribution in [3.8, 4) is 23.0 Å². The fourth-order valence-corrected chi connectivity index (χ4v) is 12.0. The lowest BCUT2D eigenvalue weighted by atomic mass is 9.57. The summed E-state index contributed by atoms with van der Waals surface area (Å²) in [6.45, 7) is 2.02. The lowest BCUT2D eigenvalue weighted by molar-refractivity contribution is 0.00498. The average molecular weight is 990 g/mol. The normalized spacial score (nSPS) is 22.2. The molecule has 0 spiro atoms. The molecular weight excluding hydrogens is 919 g/mol. The van der Waals surface area contributed by atoms with Gasteiger partial charge in [-0.25, -0.2) is 0 Å². The first-order valence-corrected chi connectivity index (χ1v) is 26.4. The molecule has 7 N–H and O–H groups in total. The van der Waals surface area contributed by atoms with E-state index in [1.165, 1.54) is 22.3 Å². The molecule has 5 aromatic carbocycles. The number of hydrogen-bond acceptors (Lipinski definition) is 11. The van der Waals surface area contributed by atoms with E-state index in [0.717, 1.165) is 102 Å². The Labute approximate surface area is 428 Å². The molecule has 1 aliphatic carbocycles. The quantitative estimate of drug-likeness (QED) is 0.0410. The number of ether oxygens (including phenoxy) is 4.